The van der Waals surface area contributed by atoms with Crippen molar-refractivity contribution >= 4 is 27.3 Å². The number of nitrogens with one attached hydrogen (secondary N) is 3. The summed E-state index contributed by atoms with van der Waals surface area (Å²) in [6.07, 6.45) is 1.11. The van der Waals surface area contributed by atoms with Crippen molar-refractivity contribution in [3.05, 3.63) is 59.2 Å². The molecule has 1 saturated heterocycles. The van der Waals surface area contributed by atoms with Gasteiger partial charge in [0.2, 0.25) is 10.0 Å². The molecule has 150 valence electrons. The number of aryl methyl sites for hydroxylation is 1. The number of anilines is 2. The number of piperazine rings is 1. The highest BCUT2D eigenvalue weighted by molar-refractivity contribution is 7.92. The van der Waals surface area contributed by atoms with Crippen molar-refractivity contribution in [2.45, 2.75) is 13.5 Å². The number of nitrogens with zero attached hydrogens (tertiary/aromatic N) is 1. The average molecular weight is 403 g/mol. The van der Waals surface area contributed by atoms with Crippen molar-refractivity contribution in [2.75, 3.05) is 42.1 Å². The largest absolute Gasteiger partial charge is 0.367 e. The lowest BCUT2D eigenvalue weighted by Crippen LogP contribution is -2.43. The standard InChI is InChI=1S/C20H26N4O3S/c1-15-4-3-5-16(12-15)14-22-20(25)17-6-7-19(24-10-8-21-9-11-24)18(13-17)23-28(2,26)27/h3-7,12-13,21,23H,8-11,14H2,1-2H3,(H,22,25). The normalized spacial score (nSPS) is 14.6. The fourth-order valence-electron chi connectivity index (χ4n) is 3.25. The second kappa shape index (κ2) is 8.62. The summed E-state index contributed by atoms with van der Waals surface area (Å²) in [7, 11) is -3.46. The summed E-state index contributed by atoms with van der Waals surface area (Å²) in [6, 6.07) is 13.1. The van der Waals surface area contributed by atoms with Gasteiger partial charge in [0, 0.05) is 38.3 Å². The number of rotatable bonds is 6. The minimum Gasteiger partial charge on any atom is -0.367 e. The van der Waals surface area contributed by atoms with Gasteiger partial charge in [0.1, 0.15) is 0 Å². The summed E-state index contributed by atoms with van der Waals surface area (Å²) < 4.78 is 26.2. The van der Waals surface area contributed by atoms with Gasteiger partial charge in [-0.25, -0.2) is 8.42 Å². The number of amides is 1. The monoisotopic (exact) mass is 402 g/mol. The van der Waals surface area contributed by atoms with Crippen LogP contribution in [0, 0.1) is 6.92 Å². The first kappa shape index (κ1) is 20.2. The molecule has 8 heteroatoms. The molecule has 2 aromatic rings. The predicted octanol–water partition coefficient (Wildman–Crippen LogP) is 1.71. The highest BCUT2D eigenvalue weighted by Gasteiger charge is 2.18. The molecule has 1 aliphatic rings. The molecule has 28 heavy (non-hydrogen) atoms. The van der Waals surface area contributed by atoms with E-state index in [9.17, 15) is 13.2 Å². The van der Waals surface area contributed by atoms with E-state index in [1.54, 1.807) is 18.2 Å². The van der Waals surface area contributed by atoms with Crippen LogP contribution in [0.2, 0.25) is 0 Å². The Labute approximate surface area is 166 Å². The van der Waals surface area contributed by atoms with Gasteiger partial charge in [-0.1, -0.05) is 29.8 Å². The van der Waals surface area contributed by atoms with Crippen LogP contribution in [0.5, 0.6) is 0 Å². The molecule has 2 aromatic carbocycles. The molecule has 3 rings (SSSR count). The molecule has 0 saturated carbocycles. The maximum atomic E-state index is 12.6. The van der Waals surface area contributed by atoms with Gasteiger partial charge >= 0.3 is 0 Å². The van der Waals surface area contributed by atoms with E-state index < -0.39 is 10.0 Å². The Balaban J connectivity index is 1.80. The Morgan fingerprint density at radius 3 is 2.57 bits per heavy atom. The van der Waals surface area contributed by atoms with Crippen LogP contribution < -0.4 is 20.3 Å². The minimum atomic E-state index is -3.46. The zero-order chi connectivity index (χ0) is 20.1. The van der Waals surface area contributed by atoms with Crippen molar-refractivity contribution < 1.29 is 13.2 Å². The third kappa shape index (κ3) is 5.46. The van der Waals surface area contributed by atoms with Crippen LogP contribution in [0.15, 0.2) is 42.5 Å². The van der Waals surface area contributed by atoms with E-state index in [1.807, 2.05) is 31.2 Å². The number of benzene rings is 2. The third-order valence-electron chi connectivity index (χ3n) is 4.55. The molecule has 0 unspecified atom stereocenters. The summed E-state index contributed by atoms with van der Waals surface area (Å²) in [6.45, 7) is 5.63. The van der Waals surface area contributed by atoms with E-state index in [0.29, 0.717) is 17.8 Å². The molecule has 1 heterocycles. The molecular weight excluding hydrogens is 376 g/mol. The summed E-state index contributed by atoms with van der Waals surface area (Å²) in [5.41, 5.74) is 3.76. The number of hydrogen-bond acceptors (Lipinski definition) is 5. The van der Waals surface area contributed by atoms with Crippen LogP contribution in [-0.4, -0.2) is 46.8 Å². The fraction of sp³-hybridized carbons (Fsp3) is 0.350. The average Bonchev–Trinajstić information content (AvgIpc) is 2.65. The second-order valence-electron chi connectivity index (χ2n) is 7.01. The summed E-state index contributed by atoms with van der Waals surface area (Å²) in [5, 5.41) is 6.17. The highest BCUT2D eigenvalue weighted by atomic mass is 32.2. The molecule has 3 N–H and O–H groups in total. The van der Waals surface area contributed by atoms with Gasteiger partial charge in [-0.05, 0) is 30.7 Å². The van der Waals surface area contributed by atoms with Gasteiger partial charge in [0.15, 0.2) is 0 Å². The summed E-state index contributed by atoms with van der Waals surface area (Å²) in [4.78, 5) is 14.7. The number of hydrogen-bond donors (Lipinski definition) is 3. The molecular formula is C20H26N4O3S. The van der Waals surface area contributed by atoms with Crippen molar-refractivity contribution in [3.8, 4) is 0 Å². The van der Waals surface area contributed by atoms with Crippen molar-refractivity contribution in [3.63, 3.8) is 0 Å². The molecule has 0 atom stereocenters. The summed E-state index contributed by atoms with van der Waals surface area (Å²) >= 11 is 0. The van der Waals surface area contributed by atoms with Gasteiger partial charge in [-0.2, -0.15) is 0 Å². The molecule has 1 amide bonds. The Bertz CT molecular complexity index is 954. The molecule has 1 fully saturated rings. The van der Waals surface area contributed by atoms with Crippen LogP contribution >= 0.6 is 0 Å². The molecule has 0 spiro atoms. The highest BCUT2D eigenvalue weighted by Crippen LogP contribution is 2.28. The smallest absolute Gasteiger partial charge is 0.251 e. The third-order valence-corrected chi connectivity index (χ3v) is 5.14. The van der Waals surface area contributed by atoms with E-state index >= 15 is 0 Å². The molecule has 0 aliphatic carbocycles. The zero-order valence-electron chi connectivity index (χ0n) is 16.2. The Morgan fingerprint density at radius 1 is 1.14 bits per heavy atom. The van der Waals surface area contributed by atoms with E-state index in [4.69, 9.17) is 0 Å². The molecule has 0 bridgehead atoms. The quantitative estimate of drug-likeness (QED) is 0.684. The van der Waals surface area contributed by atoms with Gasteiger partial charge in [0.05, 0.1) is 17.6 Å². The Hall–Kier alpha value is -2.58. The van der Waals surface area contributed by atoms with Crippen LogP contribution in [0.25, 0.3) is 0 Å². The van der Waals surface area contributed by atoms with Crippen molar-refractivity contribution in [2.24, 2.45) is 0 Å². The summed E-state index contributed by atoms with van der Waals surface area (Å²) in [5.74, 6) is -0.245. The number of sulfonamides is 1. The first-order valence-corrected chi connectivity index (χ1v) is 11.1. The van der Waals surface area contributed by atoms with Crippen LogP contribution in [0.3, 0.4) is 0 Å². The SMILES string of the molecule is Cc1cccc(CNC(=O)c2ccc(N3CCNCC3)c(NS(C)(=O)=O)c2)c1. The van der Waals surface area contributed by atoms with E-state index in [1.165, 1.54) is 0 Å². The minimum absolute atomic E-state index is 0.245. The van der Waals surface area contributed by atoms with Crippen molar-refractivity contribution in [1.82, 2.24) is 10.6 Å². The first-order valence-electron chi connectivity index (χ1n) is 9.23. The molecule has 0 radical (unpaired) electrons. The first-order chi connectivity index (χ1) is 13.3. The van der Waals surface area contributed by atoms with Gasteiger partial charge in [0.25, 0.3) is 5.91 Å². The Morgan fingerprint density at radius 2 is 1.89 bits per heavy atom. The lowest BCUT2D eigenvalue weighted by molar-refractivity contribution is 0.0951. The van der Waals surface area contributed by atoms with E-state index in [0.717, 1.165) is 49.2 Å². The second-order valence-corrected chi connectivity index (χ2v) is 8.76. The van der Waals surface area contributed by atoms with Crippen molar-refractivity contribution in [1.29, 1.82) is 0 Å². The van der Waals surface area contributed by atoms with Gasteiger partial charge in [-0.15, -0.1) is 0 Å². The topological polar surface area (TPSA) is 90.5 Å². The van der Waals surface area contributed by atoms with Crippen LogP contribution in [0.4, 0.5) is 11.4 Å². The maximum Gasteiger partial charge on any atom is 0.251 e. The molecule has 7 nitrogen and oxygen atoms in total. The maximum absolute atomic E-state index is 12.6. The number of carbonyl (C=O) groups excluding carboxylic acids is 1. The number of carbonyl (C=O) groups is 1. The lowest BCUT2D eigenvalue weighted by atomic mass is 10.1. The molecule has 1 aliphatic heterocycles. The van der Waals surface area contributed by atoms with Crippen LogP contribution in [-0.2, 0) is 16.6 Å². The van der Waals surface area contributed by atoms with E-state index in [2.05, 4.69) is 20.3 Å². The van der Waals surface area contributed by atoms with Gasteiger partial charge in [-0.3, -0.25) is 9.52 Å². The Kier molecular flexibility index (Phi) is 6.21. The van der Waals surface area contributed by atoms with E-state index in [-0.39, 0.29) is 5.91 Å². The van der Waals surface area contributed by atoms with Gasteiger partial charge < -0.3 is 15.5 Å². The lowest BCUT2D eigenvalue weighted by Gasteiger charge is -2.31. The zero-order valence-corrected chi connectivity index (χ0v) is 17.0. The fourth-order valence-corrected chi connectivity index (χ4v) is 3.81. The van der Waals surface area contributed by atoms with Crippen LogP contribution in [0.1, 0.15) is 21.5 Å². The molecule has 0 aromatic heterocycles. The predicted molar refractivity (Wildman–Crippen MR) is 112 cm³/mol.